The molecular formula is C23H22BrN3O4. The number of halogens is 1. The summed E-state index contributed by atoms with van der Waals surface area (Å²) in [5.41, 5.74) is 3.82. The van der Waals surface area contributed by atoms with Crippen LogP contribution in [0.1, 0.15) is 5.56 Å². The highest BCUT2D eigenvalue weighted by atomic mass is 79.9. The number of urea groups is 1. The molecule has 0 aliphatic carbocycles. The Labute approximate surface area is 189 Å². The van der Waals surface area contributed by atoms with Crippen LogP contribution in [-0.4, -0.2) is 32.6 Å². The molecule has 0 aromatic heterocycles. The molecule has 0 atom stereocenters. The van der Waals surface area contributed by atoms with E-state index in [9.17, 15) is 4.79 Å². The summed E-state index contributed by atoms with van der Waals surface area (Å²) in [6, 6.07) is 21.8. The molecule has 0 unspecified atom stereocenters. The van der Waals surface area contributed by atoms with Crippen LogP contribution in [0.2, 0.25) is 0 Å². The molecule has 0 spiro atoms. The summed E-state index contributed by atoms with van der Waals surface area (Å²) in [4.78, 5) is 11.9. The number of amides is 2. The van der Waals surface area contributed by atoms with Crippen molar-refractivity contribution in [2.45, 2.75) is 0 Å². The van der Waals surface area contributed by atoms with E-state index in [4.69, 9.17) is 14.2 Å². The Bertz CT molecular complexity index is 1010. The first-order valence-electron chi connectivity index (χ1n) is 9.49. The molecule has 0 aliphatic rings. The monoisotopic (exact) mass is 483 g/mol. The quantitative estimate of drug-likeness (QED) is 0.253. The zero-order valence-electron chi connectivity index (χ0n) is 16.9. The van der Waals surface area contributed by atoms with Gasteiger partial charge in [0.2, 0.25) is 0 Å². The predicted octanol–water partition coefficient (Wildman–Crippen LogP) is 5.07. The van der Waals surface area contributed by atoms with E-state index in [1.165, 1.54) is 6.21 Å². The van der Waals surface area contributed by atoms with Crippen molar-refractivity contribution >= 4 is 33.9 Å². The van der Waals surface area contributed by atoms with Gasteiger partial charge in [-0.25, -0.2) is 10.2 Å². The number of benzene rings is 3. The SMILES string of the molecule is COc1cc(C=NNC(=O)Nc2ccccc2)cc(Br)c1OCCOc1ccccc1. The van der Waals surface area contributed by atoms with Crippen LogP contribution in [-0.2, 0) is 0 Å². The second-order valence-corrected chi connectivity index (χ2v) is 7.09. The van der Waals surface area contributed by atoms with Gasteiger partial charge in [0.15, 0.2) is 11.5 Å². The lowest BCUT2D eigenvalue weighted by Gasteiger charge is -2.14. The van der Waals surface area contributed by atoms with Crippen molar-refractivity contribution in [2.24, 2.45) is 5.10 Å². The van der Waals surface area contributed by atoms with Gasteiger partial charge >= 0.3 is 6.03 Å². The average molecular weight is 484 g/mol. The number of nitrogens with one attached hydrogen (secondary N) is 2. The molecule has 3 rings (SSSR count). The Morgan fingerprint density at radius 2 is 1.68 bits per heavy atom. The molecule has 2 amide bonds. The van der Waals surface area contributed by atoms with Crippen molar-refractivity contribution in [1.82, 2.24) is 5.43 Å². The fourth-order valence-corrected chi connectivity index (χ4v) is 3.19. The molecule has 3 aromatic carbocycles. The van der Waals surface area contributed by atoms with Gasteiger partial charge in [-0.05, 0) is 57.9 Å². The zero-order chi connectivity index (χ0) is 21.9. The van der Waals surface area contributed by atoms with E-state index in [1.54, 1.807) is 25.3 Å². The molecule has 0 saturated heterocycles. The lowest BCUT2D eigenvalue weighted by molar-refractivity contribution is 0.210. The molecule has 0 fully saturated rings. The van der Waals surface area contributed by atoms with Crippen LogP contribution in [0.15, 0.2) is 82.4 Å². The summed E-state index contributed by atoms with van der Waals surface area (Å²) >= 11 is 3.49. The van der Waals surface area contributed by atoms with E-state index in [-0.39, 0.29) is 0 Å². The fraction of sp³-hybridized carbons (Fsp3) is 0.130. The van der Waals surface area contributed by atoms with Crippen LogP contribution < -0.4 is 25.0 Å². The highest BCUT2D eigenvalue weighted by Crippen LogP contribution is 2.36. The molecule has 160 valence electrons. The van der Waals surface area contributed by atoms with E-state index in [0.717, 1.165) is 11.3 Å². The Hall–Kier alpha value is -3.52. The van der Waals surface area contributed by atoms with Crippen LogP contribution in [0.5, 0.6) is 17.2 Å². The summed E-state index contributed by atoms with van der Waals surface area (Å²) in [6.07, 6.45) is 1.51. The number of carbonyl (C=O) groups excluding carboxylic acids is 1. The third-order valence-electron chi connectivity index (χ3n) is 4.00. The summed E-state index contributed by atoms with van der Waals surface area (Å²) in [7, 11) is 1.56. The van der Waals surface area contributed by atoms with E-state index in [1.807, 2.05) is 54.6 Å². The summed E-state index contributed by atoms with van der Waals surface area (Å²) < 4.78 is 17.6. The van der Waals surface area contributed by atoms with Gasteiger partial charge in [-0.15, -0.1) is 0 Å². The van der Waals surface area contributed by atoms with Crippen molar-refractivity contribution < 1.29 is 19.0 Å². The maximum atomic E-state index is 11.9. The lowest BCUT2D eigenvalue weighted by atomic mass is 10.2. The van der Waals surface area contributed by atoms with Crippen molar-refractivity contribution in [3.05, 3.63) is 82.8 Å². The molecule has 31 heavy (non-hydrogen) atoms. The van der Waals surface area contributed by atoms with Crippen LogP contribution in [0.25, 0.3) is 0 Å². The molecule has 0 saturated carbocycles. The van der Waals surface area contributed by atoms with E-state index >= 15 is 0 Å². The van der Waals surface area contributed by atoms with Gasteiger partial charge in [-0.3, -0.25) is 0 Å². The zero-order valence-corrected chi connectivity index (χ0v) is 18.5. The Balaban J connectivity index is 1.54. The van der Waals surface area contributed by atoms with Crippen molar-refractivity contribution in [3.63, 3.8) is 0 Å². The number of hydrogen-bond donors (Lipinski definition) is 2. The third-order valence-corrected chi connectivity index (χ3v) is 4.59. The van der Waals surface area contributed by atoms with Gasteiger partial charge in [0.1, 0.15) is 19.0 Å². The van der Waals surface area contributed by atoms with Crippen molar-refractivity contribution in [3.8, 4) is 17.2 Å². The smallest absolute Gasteiger partial charge is 0.339 e. The first-order valence-corrected chi connectivity index (χ1v) is 10.3. The van der Waals surface area contributed by atoms with Gasteiger partial charge < -0.3 is 19.5 Å². The standard InChI is InChI=1S/C23H22BrN3O4/c1-29-21-15-17(16-25-27-23(28)26-18-8-4-2-5-9-18)14-20(24)22(21)31-13-12-30-19-10-6-3-7-11-19/h2-11,14-16H,12-13H2,1H3,(H2,26,27,28). The molecule has 0 heterocycles. The van der Waals surface area contributed by atoms with Crippen LogP contribution in [0, 0.1) is 0 Å². The molecule has 2 N–H and O–H groups in total. The summed E-state index contributed by atoms with van der Waals surface area (Å²) in [5, 5.41) is 6.65. The van der Waals surface area contributed by atoms with Gasteiger partial charge in [0.25, 0.3) is 0 Å². The van der Waals surface area contributed by atoms with Gasteiger partial charge in [-0.1, -0.05) is 36.4 Å². The van der Waals surface area contributed by atoms with Crippen LogP contribution in [0.4, 0.5) is 10.5 Å². The largest absolute Gasteiger partial charge is 0.493 e. The fourth-order valence-electron chi connectivity index (χ4n) is 2.62. The first-order chi connectivity index (χ1) is 15.2. The van der Waals surface area contributed by atoms with E-state index < -0.39 is 6.03 Å². The Morgan fingerprint density at radius 3 is 2.39 bits per heavy atom. The van der Waals surface area contributed by atoms with Crippen LogP contribution >= 0.6 is 15.9 Å². The highest BCUT2D eigenvalue weighted by molar-refractivity contribution is 9.10. The first kappa shape index (κ1) is 22.2. The Morgan fingerprint density at radius 1 is 1.00 bits per heavy atom. The topological polar surface area (TPSA) is 81.2 Å². The molecule has 0 aliphatic heterocycles. The number of ether oxygens (including phenoxy) is 3. The maximum absolute atomic E-state index is 11.9. The molecule has 0 bridgehead atoms. The van der Waals surface area contributed by atoms with Crippen LogP contribution in [0.3, 0.4) is 0 Å². The second-order valence-electron chi connectivity index (χ2n) is 6.23. The van der Waals surface area contributed by atoms with Crippen molar-refractivity contribution in [1.29, 1.82) is 0 Å². The minimum absolute atomic E-state index is 0.346. The number of anilines is 1. The number of methoxy groups -OCH3 is 1. The van der Waals surface area contributed by atoms with Crippen molar-refractivity contribution in [2.75, 3.05) is 25.6 Å². The Kier molecular flexibility index (Phi) is 8.30. The number of hydrazone groups is 1. The predicted molar refractivity (Wildman–Crippen MR) is 124 cm³/mol. The molecule has 8 heteroatoms. The lowest BCUT2D eigenvalue weighted by Crippen LogP contribution is -2.24. The number of carbonyl (C=O) groups is 1. The number of para-hydroxylation sites is 2. The number of hydrogen-bond acceptors (Lipinski definition) is 5. The minimum Gasteiger partial charge on any atom is -0.493 e. The number of rotatable bonds is 9. The van der Waals surface area contributed by atoms with Gasteiger partial charge in [-0.2, -0.15) is 5.10 Å². The third kappa shape index (κ3) is 7.04. The van der Waals surface area contributed by atoms with E-state index in [2.05, 4.69) is 31.8 Å². The van der Waals surface area contributed by atoms with E-state index in [0.29, 0.717) is 34.9 Å². The highest BCUT2D eigenvalue weighted by Gasteiger charge is 2.11. The normalized spacial score (nSPS) is 10.5. The molecule has 7 nitrogen and oxygen atoms in total. The number of nitrogens with zero attached hydrogens (tertiary/aromatic N) is 1. The molecule has 3 aromatic rings. The maximum Gasteiger partial charge on any atom is 0.339 e. The average Bonchev–Trinajstić information content (AvgIpc) is 2.79. The second kappa shape index (κ2) is 11.6. The summed E-state index contributed by atoms with van der Waals surface area (Å²) in [5.74, 6) is 1.88. The molecule has 0 radical (unpaired) electrons. The van der Waals surface area contributed by atoms with Gasteiger partial charge in [0, 0.05) is 5.69 Å². The molecular weight excluding hydrogens is 462 g/mol. The summed E-state index contributed by atoms with van der Waals surface area (Å²) in [6.45, 7) is 0.738. The minimum atomic E-state index is -0.438. The van der Waals surface area contributed by atoms with Gasteiger partial charge in [0.05, 0.1) is 17.8 Å².